The minimum Gasteiger partial charge on any atom is -0.207 e. The lowest BCUT2D eigenvalue weighted by atomic mass is 10.1. The summed E-state index contributed by atoms with van der Waals surface area (Å²) in [5.74, 6) is 0. The van der Waals surface area contributed by atoms with Crippen molar-refractivity contribution in [1.29, 1.82) is 0 Å². The van der Waals surface area contributed by atoms with Crippen LogP contribution in [0.5, 0.6) is 0 Å². The van der Waals surface area contributed by atoms with Crippen molar-refractivity contribution >= 4 is 21.6 Å². The number of alkyl halides is 2. The fourth-order valence-electron chi connectivity index (χ4n) is 3.03. The Labute approximate surface area is 143 Å². The number of benzene rings is 1. The summed E-state index contributed by atoms with van der Waals surface area (Å²) >= 11 is 5.88. The zero-order valence-corrected chi connectivity index (χ0v) is 14.4. The molecule has 1 aliphatic heterocycles. The molecule has 5 nitrogen and oxygen atoms in total. The number of sulfonamides is 1. The molecule has 0 spiro atoms. The van der Waals surface area contributed by atoms with E-state index in [2.05, 4.69) is 5.10 Å². The minimum atomic E-state index is -3.91. The van der Waals surface area contributed by atoms with E-state index in [1.54, 1.807) is 24.3 Å². The third-order valence-electron chi connectivity index (χ3n) is 4.23. The van der Waals surface area contributed by atoms with Gasteiger partial charge in [-0.2, -0.15) is 18.2 Å². The average molecular weight is 376 g/mol. The lowest BCUT2D eigenvalue weighted by molar-refractivity contribution is 0.0541. The van der Waals surface area contributed by atoms with Gasteiger partial charge in [-0.05, 0) is 37.5 Å². The predicted molar refractivity (Wildman–Crippen MR) is 85.5 cm³/mol. The lowest BCUT2D eigenvalue weighted by Gasteiger charge is -2.24. The normalized spacial score (nSPS) is 19.3. The van der Waals surface area contributed by atoms with Gasteiger partial charge >= 0.3 is 6.55 Å². The molecule has 1 aliphatic rings. The molecule has 1 aromatic carbocycles. The van der Waals surface area contributed by atoms with Crippen molar-refractivity contribution in [3.8, 4) is 0 Å². The second kappa shape index (κ2) is 6.42. The monoisotopic (exact) mass is 375 g/mol. The zero-order valence-electron chi connectivity index (χ0n) is 12.9. The van der Waals surface area contributed by atoms with E-state index >= 15 is 0 Å². The van der Waals surface area contributed by atoms with Crippen molar-refractivity contribution in [2.75, 3.05) is 6.54 Å². The van der Waals surface area contributed by atoms with Crippen LogP contribution < -0.4 is 0 Å². The van der Waals surface area contributed by atoms with E-state index in [0.29, 0.717) is 29.1 Å². The topological polar surface area (TPSA) is 55.2 Å². The average Bonchev–Trinajstić information content (AvgIpc) is 3.15. The zero-order chi connectivity index (χ0) is 17.5. The van der Waals surface area contributed by atoms with Crippen LogP contribution in [0.2, 0.25) is 5.02 Å². The van der Waals surface area contributed by atoms with Crippen molar-refractivity contribution in [3.63, 3.8) is 0 Å². The summed E-state index contributed by atoms with van der Waals surface area (Å²) in [4.78, 5) is -0.177. The van der Waals surface area contributed by atoms with Crippen LogP contribution in [0, 0.1) is 6.92 Å². The molecule has 0 radical (unpaired) electrons. The molecule has 1 atom stereocenters. The van der Waals surface area contributed by atoms with Crippen molar-refractivity contribution in [2.45, 2.75) is 37.3 Å². The Morgan fingerprint density at radius 2 is 1.96 bits per heavy atom. The van der Waals surface area contributed by atoms with Gasteiger partial charge in [-0.3, -0.25) is 0 Å². The molecule has 1 fully saturated rings. The maximum atomic E-state index is 12.9. The Hall–Kier alpha value is -1.51. The van der Waals surface area contributed by atoms with Crippen LogP contribution in [0.3, 0.4) is 0 Å². The van der Waals surface area contributed by atoms with Gasteiger partial charge < -0.3 is 0 Å². The molecular weight excluding hydrogens is 360 g/mol. The Balaban J connectivity index is 1.98. The standard InChI is InChI=1S/C15H16ClF2N3O2S/c1-10-14(9-19-21(10)15(17)18)24(22,23)20-8-2-3-13(20)11-4-6-12(16)7-5-11/h4-7,9,13,15H,2-3,8H2,1H3. The first kappa shape index (κ1) is 17.3. The van der Waals surface area contributed by atoms with Crippen LogP contribution in [0.25, 0.3) is 0 Å². The van der Waals surface area contributed by atoms with E-state index in [0.717, 1.165) is 11.8 Å². The van der Waals surface area contributed by atoms with Gasteiger partial charge in [0, 0.05) is 11.6 Å². The van der Waals surface area contributed by atoms with Gasteiger partial charge in [0.15, 0.2) is 0 Å². The van der Waals surface area contributed by atoms with Gasteiger partial charge in [0.2, 0.25) is 10.0 Å². The third kappa shape index (κ3) is 2.94. The van der Waals surface area contributed by atoms with E-state index in [4.69, 9.17) is 11.6 Å². The van der Waals surface area contributed by atoms with Crippen LogP contribution in [0.4, 0.5) is 8.78 Å². The van der Waals surface area contributed by atoms with E-state index in [-0.39, 0.29) is 16.6 Å². The Morgan fingerprint density at radius 1 is 1.29 bits per heavy atom. The largest absolute Gasteiger partial charge is 0.333 e. The smallest absolute Gasteiger partial charge is 0.207 e. The summed E-state index contributed by atoms with van der Waals surface area (Å²) in [5.41, 5.74) is 0.770. The Morgan fingerprint density at radius 3 is 2.54 bits per heavy atom. The van der Waals surface area contributed by atoms with Gasteiger partial charge in [-0.25, -0.2) is 13.1 Å². The van der Waals surface area contributed by atoms with E-state index in [1.807, 2.05) is 0 Å². The van der Waals surface area contributed by atoms with E-state index in [9.17, 15) is 17.2 Å². The molecule has 130 valence electrons. The maximum absolute atomic E-state index is 12.9. The maximum Gasteiger partial charge on any atom is 0.333 e. The highest BCUT2D eigenvalue weighted by Gasteiger charge is 2.38. The summed E-state index contributed by atoms with van der Waals surface area (Å²) < 4.78 is 53.4. The first-order valence-corrected chi connectivity index (χ1v) is 9.23. The predicted octanol–water partition coefficient (Wildman–Crippen LogP) is 3.77. The van der Waals surface area contributed by atoms with Gasteiger partial charge in [0.1, 0.15) is 4.90 Å². The van der Waals surface area contributed by atoms with E-state index < -0.39 is 16.6 Å². The molecule has 2 heterocycles. The van der Waals surface area contributed by atoms with Gasteiger partial charge in [0.05, 0.1) is 17.9 Å². The third-order valence-corrected chi connectivity index (χ3v) is 6.49. The number of nitrogens with zero attached hydrogens (tertiary/aromatic N) is 3. The molecule has 0 saturated carbocycles. The molecule has 24 heavy (non-hydrogen) atoms. The second-order valence-corrected chi connectivity index (χ2v) is 7.94. The molecule has 1 unspecified atom stereocenters. The quantitative estimate of drug-likeness (QED) is 0.817. The number of halogens is 3. The highest BCUT2D eigenvalue weighted by atomic mass is 35.5. The molecule has 2 aromatic rings. The van der Waals surface area contributed by atoms with Crippen LogP contribution in [0.1, 0.15) is 36.7 Å². The summed E-state index contributed by atoms with van der Waals surface area (Å²) in [6.45, 7) is -1.20. The Bertz CT molecular complexity index is 837. The number of aromatic nitrogens is 2. The molecule has 0 bridgehead atoms. The SMILES string of the molecule is Cc1c(S(=O)(=O)N2CCCC2c2ccc(Cl)cc2)cnn1C(F)F. The molecule has 0 N–H and O–H groups in total. The summed E-state index contributed by atoms with van der Waals surface area (Å²) in [6.07, 6.45) is 2.37. The molecule has 0 aliphatic carbocycles. The van der Waals surface area contributed by atoms with Crippen LogP contribution in [0.15, 0.2) is 35.4 Å². The molecule has 1 saturated heterocycles. The van der Waals surface area contributed by atoms with Gasteiger partial charge in [0.25, 0.3) is 0 Å². The second-order valence-electron chi connectivity index (χ2n) is 5.64. The summed E-state index contributed by atoms with van der Waals surface area (Å²) in [6, 6.07) is 6.66. The summed E-state index contributed by atoms with van der Waals surface area (Å²) in [5, 5.41) is 4.08. The molecule has 9 heteroatoms. The molecule has 1 aromatic heterocycles. The van der Waals surface area contributed by atoms with Gasteiger partial charge in [-0.1, -0.05) is 23.7 Å². The number of hydrogen-bond donors (Lipinski definition) is 0. The first-order valence-electron chi connectivity index (χ1n) is 7.42. The van der Waals surface area contributed by atoms with Gasteiger partial charge in [-0.15, -0.1) is 0 Å². The fourth-order valence-corrected chi connectivity index (χ4v) is 4.99. The molecule has 0 amide bonds. The van der Waals surface area contributed by atoms with Crippen molar-refractivity contribution in [2.24, 2.45) is 0 Å². The van der Waals surface area contributed by atoms with Crippen LogP contribution in [-0.4, -0.2) is 29.0 Å². The number of rotatable bonds is 4. The summed E-state index contributed by atoms with van der Waals surface area (Å²) in [7, 11) is -3.91. The highest BCUT2D eigenvalue weighted by Crippen LogP contribution is 2.37. The molecule has 3 rings (SSSR count). The number of hydrogen-bond acceptors (Lipinski definition) is 3. The van der Waals surface area contributed by atoms with Crippen LogP contribution >= 0.6 is 11.6 Å². The van der Waals surface area contributed by atoms with Crippen LogP contribution in [-0.2, 0) is 10.0 Å². The van der Waals surface area contributed by atoms with E-state index in [1.165, 1.54) is 11.2 Å². The Kier molecular flexibility index (Phi) is 4.63. The fraction of sp³-hybridized carbons (Fsp3) is 0.400. The van der Waals surface area contributed by atoms with Crippen molar-refractivity contribution in [1.82, 2.24) is 14.1 Å². The first-order chi connectivity index (χ1) is 11.3. The minimum absolute atomic E-state index is 0.0632. The lowest BCUT2D eigenvalue weighted by Crippen LogP contribution is -2.31. The van der Waals surface area contributed by atoms with Crippen molar-refractivity contribution < 1.29 is 17.2 Å². The van der Waals surface area contributed by atoms with Crippen molar-refractivity contribution in [3.05, 3.63) is 46.7 Å². The highest BCUT2D eigenvalue weighted by molar-refractivity contribution is 7.89. The molecular formula is C15H16ClF2N3O2S.